The Morgan fingerprint density at radius 3 is 2.59 bits per heavy atom. The SMILES string of the molecule is Cc1c(N)cc(F)cc1CN1CCN(C(=O)CC2CC2)CC1. The predicted molar refractivity (Wildman–Crippen MR) is 84.7 cm³/mol. The molecule has 22 heavy (non-hydrogen) atoms. The summed E-state index contributed by atoms with van der Waals surface area (Å²) in [7, 11) is 0. The Morgan fingerprint density at radius 2 is 1.95 bits per heavy atom. The van der Waals surface area contributed by atoms with E-state index in [0.29, 0.717) is 24.1 Å². The molecule has 0 unspecified atom stereocenters. The van der Waals surface area contributed by atoms with E-state index in [1.807, 2.05) is 11.8 Å². The van der Waals surface area contributed by atoms with Crippen molar-refractivity contribution < 1.29 is 9.18 Å². The van der Waals surface area contributed by atoms with Crippen molar-refractivity contribution in [2.75, 3.05) is 31.9 Å². The number of carbonyl (C=O) groups is 1. The summed E-state index contributed by atoms with van der Waals surface area (Å²) in [4.78, 5) is 16.3. The number of nitrogens with zero attached hydrogens (tertiary/aromatic N) is 2. The monoisotopic (exact) mass is 305 g/mol. The van der Waals surface area contributed by atoms with Crippen LogP contribution in [0.3, 0.4) is 0 Å². The molecule has 1 heterocycles. The Labute approximate surface area is 131 Å². The van der Waals surface area contributed by atoms with Crippen LogP contribution in [-0.2, 0) is 11.3 Å². The van der Waals surface area contributed by atoms with Gasteiger partial charge in [0.25, 0.3) is 0 Å². The normalized spacial score (nSPS) is 19.5. The third-order valence-corrected chi connectivity index (χ3v) is 4.80. The zero-order chi connectivity index (χ0) is 15.7. The molecule has 1 saturated carbocycles. The molecule has 1 amide bonds. The van der Waals surface area contributed by atoms with E-state index in [9.17, 15) is 9.18 Å². The largest absolute Gasteiger partial charge is 0.398 e. The fraction of sp³-hybridized carbons (Fsp3) is 0.588. The molecule has 1 aliphatic carbocycles. The average molecular weight is 305 g/mol. The molecule has 0 spiro atoms. The van der Waals surface area contributed by atoms with Gasteiger partial charge in [-0.3, -0.25) is 9.69 Å². The summed E-state index contributed by atoms with van der Waals surface area (Å²) >= 11 is 0. The van der Waals surface area contributed by atoms with Crippen LogP contribution < -0.4 is 5.73 Å². The molecule has 1 aromatic rings. The van der Waals surface area contributed by atoms with E-state index in [4.69, 9.17) is 5.73 Å². The van der Waals surface area contributed by atoms with Crippen LogP contribution in [0.4, 0.5) is 10.1 Å². The van der Waals surface area contributed by atoms with Gasteiger partial charge in [0.05, 0.1) is 0 Å². The summed E-state index contributed by atoms with van der Waals surface area (Å²) in [6.07, 6.45) is 3.15. The van der Waals surface area contributed by atoms with Crippen molar-refractivity contribution in [2.45, 2.75) is 32.7 Å². The molecule has 2 N–H and O–H groups in total. The smallest absolute Gasteiger partial charge is 0.222 e. The van der Waals surface area contributed by atoms with Gasteiger partial charge in [0.2, 0.25) is 5.91 Å². The highest BCUT2D eigenvalue weighted by Gasteiger charge is 2.28. The molecule has 4 nitrogen and oxygen atoms in total. The van der Waals surface area contributed by atoms with Crippen LogP contribution in [0, 0.1) is 18.7 Å². The van der Waals surface area contributed by atoms with Crippen LogP contribution in [0.5, 0.6) is 0 Å². The third-order valence-electron chi connectivity index (χ3n) is 4.80. The van der Waals surface area contributed by atoms with Gasteiger partial charge in [-0.05, 0) is 48.9 Å². The van der Waals surface area contributed by atoms with Crippen molar-refractivity contribution in [3.05, 3.63) is 29.1 Å². The van der Waals surface area contributed by atoms with Gasteiger partial charge in [-0.25, -0.2) is 4.39 Å². The number of carbonyl (C=O) groups excluding carboxylic acids is 1. The summed E-state index contributed by atoms with van der Waals surface area (Å²) in [6, 6.07) is 2.93. The van der Waals surface area contributed by atoms with Gasteiger partial charge >= 0.3 is 0 Å². The van der Waals surface area contributed by atoms with Crippen molar-refractivity contribution >= 4 is 11.6 Å². The molecule has 0 radical (unpaired) electrons. The van der Waals surface area contributed by atoms with Crippen molar-refractivity contribution in [1.29, 1.82) is 0 Å². The lowest BCUT2D eigenvalue weighted by molar-refractivity contribution is -0.133. The van der Waals surface area contributed by atoms with Crippen molar-refractivity contribution in [2.24, 2.45) is 5.92 Å². The molecule has 1 aliphatic heterocycles. The first-order valence-electron chi connectivity index (χ1n) is 8.07. The van der Waals surface area contributed by atoms with Crippen molar-refractivity contribution in [1.82, 2.24) is 9.80 Å². The molecule has 0 bridgehead atoms. The first kappa shape index (κ1) is 15.3. The minimum atomic E-state index is -0.281. The number of amides is 1. The number of hydrogen-bond acceptors (Lipinski definition) is 3. The van der Waals surface area contributed by atoms with Gasteiger partial charge < -0.3 is 10.6 Å². The molecule has 2 aliphatic rings. The second kappa shape index (κ2) is 6.24. The topological polar surface area (TPSA) is 49.6 Å². The van der Waals surface area contributed by atoms with Crippen LogP contribution in [0.15, 0.2) is 12.1 Å². The number of piperazine rings is 1. The lowest BCUT2D eigenvalue weighted by Crippen LogP contribution is -2.48. The molecule has 1 saturated heterocycles. The van der Waals surface area contributed by atoms with Crippen LogP contribution in [-0.4, -0.2) is 41.9 Å². The summed E-state index contributed by atoms with van der Waals surface area (Å²) in [5, 5.41) is 0. The molecule has 120 valence electrons. The van der Waals surface area contributed by atoms with Gasteiger partial charge in [0.1, 0.15) is 5.82 Å². The Balaban J connectivity index is 1.54. The molecule has 2 fully saturated rings. The van der Waals surface area contributed by atoms with E-state index in [0.717, 1.165) is 43.7 Å². The number of anilines is 1. The van der Waals surface area contributed by atoms with E-state index >= 15 is 0 Å². The predicted octanol–water partition coefficient (Wildman–Crippen LogP) is 2.16. The van der Waals surface area contributed by atoms with Crippen molar-refractivity contribution in [3.8, 4) is 0 Å². The maximum atomic E-state index is 13.5. The Bertz CT molecular complexity index is 563. The quantitative estimate of drug-likeness (QED) is 0.867. The van der Waals surface area contributed by atoms with E-state index in [2.05, 4.69) is 4.90 Å². The Kier molecular flexibility index (Phi) is 4.34. The van der Waals surface area contributed by atoms with Gasteiger partial charge in [-0.15, -0.1) is 0 Å². The minimum absolute atomic E-state index is 0.281. The molecular weight excluding hydrogens is 281 g/mol. The minimum Gasteiger partial charge on any atom is -0.398 e. The zero-order valence-corrected chi connectivity index (χ0v) is 13.1. The molecule has 0 atom stereocenters. The maximum absolute atomic E-state index is 13.5. The highest BCUT2D eigenvalue weighted by Crippen LogP contribution is 2.33. The van der Waals surface area contributed by atoms with Crippen molar-refractivity contribution in [3.63, 3.8) is 0 Å². The fourth-order valence-electron chi connectivity index (χ4n) is 3.02. The van der Waals surface area contributed by atoms with Crippen LogP contribution >= 0.6 is 0 Å². The van der Waals surface area contributed by atoms with Gasteiger partial charge in [0, 0.05) is 44.8 Å². The molecular formula is C17H24FN3O. The number of halogens is 1. The van der Waals surface area contributed by atoms with E-state index < -0.39 is 0 Å². The lowest BCUT2D eigenvalue weighted by Gasteiger charge is -2.35. The first-order valence-corrected chi connectivity index (χ1v) is 8.07. The summed E-state index contributed by atoms with van der Waals surface area (Å²) in [5.41, 5.74) is 8.23. The fourth-order valence-corrected chi connectivity index (χ4v) is 3.02. The molecule has 3 rings (SSSR count). The maximum Gasteiger partial charge on any atom is 0.222 e. The average Bonchev–Trinajstić information content (AvgIpc) is 3.29. The number of rotatable bonds is 4. The van der Waals surface area contributed by atoms with E-state index in [-0.39, 0.29) is 5.82 Å². The Morgan fingerprint density at radius 1 is 1.27 bits per heavy atom. The number of hydrogen-bond donors (Lipinski definition) is 1. The molecule has 5 heteroatoms. The first-order chi connectivity index (χ1) is 10.5. The van der Waals surface area contributed by atoms with Crippen LogP contribution in [0.25, 0.3) is 0 Å². The summed E-state index contributed by atoms with van der Waals surface area (Å²) in [5.74, 6) is 0.660. The van der Waals surface area contributed by atoms with Gasteiger partial charge in [-0.2, -0.15) is 0 Å². The molecule has 1 aromatic carbocycles. The lowest BCUT2D eigenvalue weighted by atomic mass is 10.1. The standard InChI is InChI=1S/C17H24FN3O/c1-12-14(9-15(18)10-16(12)19)11-20-4-6-21(7-5-20)17(22)8-13-2-3-13/h9-10,13H,2-8,11,19H2,1H3. The zero-order valence-electron chi connectivity index (χ0n) is 13.1. The molecule has 0 aromatic heterocycles. The Hall–Kier alpha value is -1.62. The van der Waals surface area contributed by atoms with E-state index in [1.165, 1.54) is 18.9 Å². The second-order valence-electron chi connectivity index (χ2n) is 6.58. The van der Waals surface area contributed by atoms with Crippen LogP contribution in [0.1, 0.15) is 30.4 Å². The highest BCUT2D eigenvalue weighted by molar-refractivity contribution is 5.76. The summed E-state index contributed by atoms with van der Waals surface area (Å²) < 4.78 is 13.5. The number of benzene rings is 1. The highest BCUT2D eigenvalue weighted by atomic mass is 19.1. The van der Waals surface area contributed by atoms with E-state index in [1.54, 1.807) is 6.07 Å². The van der Waals surface area contributed by atoms with Gasteiger partial charge in [0.15, 0.2) is 0 Å². The van der Waals surface area contributed by atoms with Crippen LogP contribution in [0.2, 0.25) is 0 Å². The number of nitrogens with two attached hydrogens (primary N) is 1. The summed E-state index contributed by atoms with van der Waals surface area (Å²) in [6.45, 7) is 5.85. The number of nitrogen functional groups attached to an aromatic ring is 1. The second-order valence-corrected chi connectivity index (χ2v) is 6.58. The third kappa shape index (κ3) is 3.58. The van der Waals surface area contributed by atoms with Gasteiger partial charge in [-0.1, -0.05) is 0 Å².